The van der Waals surface area contributed by atoms with Crippen molar-refractivity contribution in [2.75, 3.05) is 6.54 Å². The molecule has 7 heteroatoms. The first-order valence-electron chi connectivity index (χ1n) is 6.97. The summed E-state index contributed by atoms with van der Waals surface area (Å²) in [5.74, 6) is 1.48. The van der Waals surface area contributed by atoms with Crippen molar-refractivity contribution in [2.24, 2.45) is 4.99 Å². The van der Waals surface area contributed by atoms with Crippen LogP contribution in [0.25, 0.3) is 0 Å². The van der Waals surface area contributed by atoms with Crippen molar-refractivity contribution >= 4 is 11.6 Å². The Labute approximate surface area is 128 Å². The minimum absolute atomic E-state index is 0.0792. The molecular formula is C15H18N4O3. The Hall–Kier alpha value is -2.83. The van der Waals surface area contributed by atoms with Crippen LogP contribution in [0.1, 0.15) is 18.2 Å². The summed E-state index contributed by atoms with van der Waals surface area (Å²) in [6, 6.07) is 10.1. The zero-order valence-corrected chi connectivity index (χ0v) is 12.3. The van der Waals surface area contributed by atoms with E-state index in [1.807, 2.05) is 19.1 Å². The van der Waals surface area contributed by atoms with Crippen molar-refractivity contribution in [1.82, 2.24) is 10.6 Å². The molecule has 0 unspecified atom stereocenters. The molecule has 116 valence electrons. The van der Waals surface area contributed by atoms with Crippen LogP contribution >= 0.6 is 0 Å². The van der Waals surface area contributed by atoms with E-state index < -0.39 is 4.92 Å². The van der Waals surface area contributed by atoms with Crippen molar-refractivity contribution in [1.29, 1.82) is 0 Å². The highest BCUT2D eigenvalue weighted by Gasteiger charge is 2.04. The highest BCUT2D eigenvalue weighted by Crippen LogP contribution is 2.12. The maximum atomic E-state index is 10.6. The predicted molar refractivity (Wildman–Crippen MR) is 83.5 cm³/mol. The number of nitrogens with zero attached hydrogens (tertiary/aromatic N) is 2. The summed E-state index contributed by atoms with van der Waals surface area (Å²) >= 11 is 0. The van der Waals surface area contributed by atoms with Crippen LogP contribution in [0.3, 0.4) is 0 Å². The molecule has 0 aliphatic heterocycles. The highest BCUT2D eigenvalue weighted by atomic mass is 16.6. The molecule has 2 rings (SSSR count). The fraction of sp³-hybridized carbons (Fsp3) is 0.267. The molecular weight excluding hydrogens is 284 g/mol. The van der Waals surface area contributed by atoms with Crippen LogP contribution in [-0.2, 0) is 13.1 Å². The van der Waals surface area contributed by atoms with Gasteiger partial charge in [-0.05, 0) is 24.6 Å². The molecule has 22 heavy (non-hydrogen) atoms. The standard InChI is InChI=1S/C15H18N4O3/c1-2-16-15(18-11-14-4-3-9-22-14)17-10-12-5-7-13(8-6-12)19(20)21/h3-9H,2,10-11H2,1H3,(H2,16,17,18). The van der Waals surface area contributed by atoms with E-state index in [-0.39, 0.29) is 5.69 Å². The second kappa shape index (κ2) is 7.82. The number of nitrogens with one attached hydrogen (secondary N) is 2. The molecule has 0 bridgehead atoms. The molecule has 1 heterocycles. The van der Waals surface area contributed by atoms with E-state index in [9.17, 15) is 10.1 Å². The molecule has 0 spiro atoms. The zero-order chi connectivity index (χ0) is 15.8. The van der Waals surface area contributed by atoms with Crippen LogP contribution in [0.5, 0.6) is 0 Å². The van der Waals surface area contributed by atoms with E-state index in [2.05, 4.69) is 15.6 Å². The van der Waals surface area contributed by atoms with E-state index >= 15 is 0 Å². The maximum Gasteiger partial charge on any atom is 0.269 e. The Morgan fingerprint density at radius 1 is 1.27 bits per heavy atom. The highest BCUT2D eigenvalue weighted by molar-refractivity contribution is 5.79. The van der Waals surface area contributed by atoms with Gasteiger partial charge in [-0.15, -0.1) is 0 Å². The lowest BCUT2D eigenvalue weighted by Crippen LogP contribution is -2.36. The molecule has 2 N–H and O–H groups in total. The second-order valence-electron chi connectivity index (χ2n) is 4.55. The van der Waals surface area contributed by atoms with E-state index in [0.717, 1.165) is 17.9 Å². The van der Waals surface area contributed by atoms with Crippen LogP contribution in [0, 0.1) is 10.1 Å². The van der Waals surface area contributed by atoms with E-state index in [0.29, 0.717) is 19.0 Å². The summed E-state index contributed by atoms with van der Waals surface area (Å²) in [5.41, 5.74) is 0.983. The molecule has 0 fully saturated rings. The van der Waals surface area contributed by atoms with Gasteiger partial charge in [-0.3, -0.25) is 10.1 Å². The molecule has 1 aromatic carbocycles. The first-order chi connectivity index (χ1) is 10.7. The molecule has 0 radical (unpaired) electrons. The number of non-ortho nitro benzene ring substituents is 1. The Balaban J connectivity index is 1.95. The normalized spacial score (nSPS) is 11.2. The number of rotatable bonds is 6. The number of guanidine groups is 1. The number of hydrogen-bond acceptors (Lipinski definition) is 4. The van der Waals surface area contributed by atoms with Crippen molar-refractivity contribution in [3.05, 3.63) is 64.1 Å². The minimum atomic E-state index is -0.415. The molecule has 2 aromatic rings. The Morgan fingerprint density at radius 2 is 2.05 bits per heavy atom. The summed E-state index contributed by atoms with van der Waals surface area (Å²) in [6.45, 7) is 3.70. The van der Waals surface area contributed by atoms with Crippen molar-refractivity contribution in [3.8, 4) is 0 Å². The quantitative estimate of drug-likeness (QED) is 0.370. The fourth-order valence-electron chi connectivity index (χ4n) is 1.82. The average Bonchev–Trinajstić information content (AvgIpc) is 3.04. The summed E-state index contributed by atoms with van der Waals surface area (Å²) < 4.78 is 5.25. The third-order valence-electron chi connectivity index (χ3n) is 2.92. The van der Waals surface area contributed by atoms with Gasteiger partial charge in [-0.25, -0.2) is 4.99 Å². The lowest BCUT2D eigenvalue weighted by molar-refractivity contribution is -0.384. The number of nitro benzene ring substituents is 1. The average molecular weight is 302 g/mol. The Morgan fingerprint density at radius 3 is 2.64 bits per heavy atom. The maximum absolute atomic E-state index is 10.6. The van der Waals surface area contributed by atoms with E-state index in [4.69, 9.17) is 4.42 Å². The molecule has 1 aromatic heterocycles. The summed E-state index contributed by atoms with van der Waals surface area (Å²) in [7, 11) is 0. The minimum Gasteiger partial charge on any atom is -0.467 e. The zero-order valence-electron chi connectivity index (χ0n) is 12.3. The fourth-order valence-corrected chi connectivity index (χ4v) is 1.82. The van der Waals surface area contributed by atoms with Crippen LogP contribution in [-0.4, -0.2) is 17.4 Å². The summed E-state index contributed by atoms with van der Waals surface area (Å²) in [4.78, 5) is 14.6. The molecule has 0 aliphatic rings. The van der Waals surface area contributed by atoms with Gasteiger partial charge >= 0.3 is 0 Å². The monoisotopic (exact) mass is 302 g/mol. The molecule has 0 amide bonds. The third-order valence-corrected chi connectivity index (χ3v) is 2.92. The number of nitro groups is 1. The van der Waals surface area contributed by atoms with E-state index in [1.54, 1.807) is 18.4 Å². The Bertz CT molecular complexity index is 621. The molecule has 0 saturated carbocycles. The van der Waals surface area contributed by atoms with Crippen molar-refractivity contribution < 1.29 is 9.34 Å². The first-order valence-corrected chi connectivity index (χ1v) is 6.97. The molecule has 0 aliphatic carbocycles. The van der Waals surface area contributed by atoms with Crippen LogP contribution in [0.15, 0.2) is 52.1 Å². The lowest BCUT2D eigenvalue weighted by atomic mass is 10.2. The summed E-state index contributed by atoms with van der Waals surface area (Å²) in [6.07, 6.45) is 1.62. The van der Waals surface area contributed by atoms with Gasteiger partial charge in [-0.1, -0.05) is 12.1 Å². The van der Waals surface area contributed by atoms with Crippen molar-refractivity contribution in [3.63, 3.8) is 0 Å². The molecule has 0 atom stereocenters. The number of benzene rings is 1. The molecule has 7 nitrogen and oxygen atoms in total. The largest absolute Gasteiger partial charge is 0.467 e. The van der Waals surface area contributed by atoms with Crippen LogP contribution < -0.4 is 10.6 Å². The van der Waals surface area contributed by atoms with Gasteiger partial charge in [0.15, 0.2) is 5.96 Å². The molecule has 0 saturated heterocycles. The van der Waals surface area contributed by atoms with E-state index in [1.165, 1.54) is 12.1 Å². The van der Waals surface area contributed by atoms with Gasteiger partial charge in [-0.2, -0.15) is 0 Å². The van der Waals surface area contributed by atoms with Gasteiger partial charge < -0.3 is 15.1 Å². The first kappa shape index (κ1) is 15.6. The second-order valence-corrected chi connectivity index (χ2v) is 4.55. The topological polar surface area (TPSA) is 92.7 Å². The van der Waals surface area contributed by atoms with Crippen LogP contribution in [0.2, 0.25) is 0 Å². The third kappa shape index (κ3) is 4.62. The van der Waals surface area contributed by atoms with Gasteiger partial charge in [0.1, 0.15) is 5.76 Å². The number of aliphatic imine (C=N–C) groups is 1. The SMILES string of the molecule is CCNC(=NCc1ccc([N+](=O)[O-])cc1)NCc1ccco1. The smallest absolute Gasteiger partial charge is 0.269 e. The predicted octanol–water partition coefficient (Wildman–Crippen LogP) is 2.44. The van der Waals surface area contributed by atoms with Crippen molar-refractivity contribution in [2.45, 2.75) is 20.0 Å². The summed E-state index contributed by atoms with van der Waals surface area (Å²) in [5, 5.41) is 16.9. The number of furan rings is 1. The Kier molecular flexibility index (Phi) is 5.53. The van der Waals surface area contributed by atoms with Gasteiger partial charge in [0, 0.05) is 18.7 Å². The van der Waals surface area contributed by atoms with Gasteiger partial charge in [0.2, 0.25) is 0 Å². The van der Waals surface area contributed by atoms with Gasteiger partial charge in [0.05, 0.1) is 24.3 Å². The van der Waals surface area contributed by atoms with Gasteiger partial charge in [0.25, 0.3) is 5.69 Å². The lowest BCUT2D eigenvalue weighted by Gasteiger charge is -2.10. The number of hydrogen-bond donors (Lipinski definition) is 2. The van der Waals surface area contributed by atoms with Crippen LogP contribution in [0.4, 0.5) is 5.69 Å².